The third kappa shape index (κ3) is 5.80. The fourth-order valence-corrected chi connectivity index (χ4v) is 3.39. The third-order valence-electron chi connectivity index (χ3n) is 4.52. The summed E-state index contributed by atoms with van der Waals surface area (Å²) in [5, 5.41) is 3.64. The maximum atomic E-state index is 3.64. The molecule has 3 nitrogen and oxygen atoms in total. The average molecular weight is 267 g/mol. The van der Waals surface area contributed by atoms with Crippen LogP contribution in [0, 0.1) is 11.8 Å². The lowest BCUT2D eigenvalue weighted by molar-refractivity contribution is 0.154. The Kier molecular flexibility index (Phi) is 6.62. The molecule has 0 aromatic carbocycles. The van der Waals surface area contributed by atoms with Crippen LogP contribution in [-0.2, 0) is 0 Å². The molecule has 0 bridgehead atoms. The fraction of sp³-hybridized carbons (Fsp3) is 1.00. The largest absolute Gasteiger partial charge is 0.316 e. The summed E-state index contributed by atoms with van der Waals surface area (Å²) >= 11 is 0. The molecule has 2 aliphatic rings. The predicted molar refractivity (Wildman–Crippen MR) is 82.5 cm³/mol. The zero-order valence-electron chi connectivity index (χ0n) is 13.0. The molecule has 0 aromatic rings. The molecule has 2 fully saturated rings. The van der Waals surface area contributed by atoms with Gasteiger partial charge in [0.2, 0.25) is 0 Å². The number of nitrogens with zero attached hydrogens (tertiary/aromatic N) is 2. The molecule has 2 rings (SSSR count). The molecule has 0 saturated carbocycles. The summed E-state index contributed by atoms with van der Waals surface area (Å²) in [5.74, 6) is 1.65. The highest BCUT2D eigenvalue weighted by Crippen LogP contribution is 2.16. The van der Waals surface area contributed by atoms with Gasteiger partial charge in [0.25, 0.3) is 0 Å². The van der Waals surface area contributed by atoms with Crippen molar-refractivity contribution in [2.75, 3.05) is 52.4 Å². The van der Waals surface area contributed by atoms with E-state index in [0.717, 1.165) is 11.8 Å². The van der Waals surface area contributed by atoms with Crippen LogP contribution < -0.4 is 5.32 Å². The molecular formula is C16H33N3. The zero-order valence-corrected chi connectivity index (χ0v) is 13.0. The van der Waals surface area contributed by atoms with Crippen LogP contribution in [0.1, 0.15) is 39.5 Å². The van der Waals surface area contributed by atoms with Crippen LogP contribution in [0.25, 0.3) is 0 Å². The number of piperidine rings is 1. The Labute approximate surface area is 119 Å². The Hall–Kier alpha value is -0.120. The van der Waals surface area contributed by atoms with Gasteiger partial charge >= 0.3 is 0 Å². The number of hydrogen-bond donors (Lipinski definition) is 1. The molecule has 2 heterocycles. The van der Waals surface area contributed by atoms with Crippen LogP contribution >= 0.6 is 0 Å². The van der Waals surface area contributed by atoms with Crippen molar-refractivity contribution in [1.29, 1.82) is 0 Å². The highest BCUT2D eigenvalue weighted by Gasteiger charge is 2.20. The van der Waals surface area contributed by atoms with Gasteiger partial charge in [0.1, 0.15) is 0 Å². The predicted octanol–water partition coefficient (Wildman–Crippen LogP) is 2.04. The van der Waals surface area contributed by atoms with Crippen molar-refractivity contribution in [2.45, 2.75) is 39.5 Å². The van der Waals surface area contributed by atoms with Gasteiger partial charge in [-0.15, -0.1) is 0 Å². The van der Waals surface area contributed by atoms with E-state index in [-0.39, 0.29) is 0 Å². The number of nitrogens with one attached hydrogen (secondary N) is 1. The normalized spacial score (nSPS) is 26.4. The summed E-state index contributed by atoms with van der Waals surface area (Å²) in [4.78, 5) is 5.34. The number of hydrogen-bond acceptors (Lipinski definition) is 3. The molecule has 1 unspecified atom stereocenters. The summed E-state index contributed by atoms with van der Waals surface area (Å²) in [7, 11) is 0. The molecule has 0 aromatic heterocycles. The Bertz CT molecular complexity index is 236. The summed E-state index contributed by atoms with van der Waals surface area (Å²) in [6, 6.07) is 0. The van der Waals surface area contributed by atoms with E-state index in [1.165, 1.54) is 78.0 Å². The van der Waals surface area contributed by atoms with Crippen molar-refractivity contribution in [3.63, 3.8) is 0 Å². The second-order valence-electron chi connectivity index (χ2n) is 6.91. The van der Waals surface area contributed by atoms with E-state index in [4.69, 9.17) is 0 Å². The topological polar surface area (TPSA) is 18.5 Å². The molecule has 19 heavy (non-hydrogen) atoms. The first-order valence-corrected chi connectivity index (χ1v) is 8.39. The van der Waals surface area contributed by atoms with Crippen molar-refractivity contribution in [2.24, 2.45) is 11.8 Å². The van der Waals surface area contributed by atoms with E-state index >= 15 is 0 Å². The van der Waals surface area contributed by atoms with E-state index in [1.807, 2.05) is 0 Å². The fourth-order valence-electron chi connectivity index (χ4n) is 3.39. The Balaban J connectivity index is 1.59. The van der Waals surface area contributed by atoms with Crippen molar-refractivity contribution >= 4 is 0 Å². The summed E-state index contributed by atoms with van der Waals surface area (Å²) in [6.07, 6.45) is 5.66. The average Bonchev–Trinajstić information content (AvgIpc) is 2.89. The van der Waals surface area contributed by atoms with Crippen LogP contribution in [-0.4, -0.2) is 62.2 Å². The van der Waals surface area contributed by atoms with E-state index in [1.54, 1.807) is 0 Å². The van der Waals surface area contributed by atoms with E-state index in [9.17, 15) is 0 Å². The van der Waals surface area contributed by atoms with Gasteiger partial charge in [-0.1, -0.05) is 13.8 Å². The molecule has 3 heteroatoms. The highest BCUT2D eigenvalue weighted by atomic mass is 15.2. The Morgan fingerprint density at radius 2 is 1.68 bits per heavy atom. The van der Waals surface area contributed by atoms with Gasteiger partial charge in [0.05, 0.1) is 0 Å². The van der Waals surface area contributed by atoms with Crippen molar-refractivity contribution in [3.05, 3.63) is 0 Å². The molecule has 2 saturated heterocycles. The summed E-state index contributed by atoms with van der Waals surface area (Å²) in [6.45, 7) is 14.9. The first-order chi connectivity index (χ1) is 9.24. The first-order valence-electron chi connectivity index (χ1n) is 8.39. The van der Waals surface area contributed by atoms with Gasteiger partial charge in [-0.3, -0.25) is 0 Å². The SMILES string of the molecule is CC(C)CNCC1CCCN(CCN2CCCC2)C1. The monoisotopic (exact) mass is 267 g/mol. The lowest BCUT2D eigenvalue weighted by Crippen LogP contribution is -2.43. The maximum Gasteiger partial charge on any atom is 0.0109 e. The van der Waals surface area contributed by atoms with Crippen LogP contribution in [0.2, 0.25) is 0 Å². The molecule has 112 valence electrons. The first kappa shape index (κ1) is 15.3. The van der Waals surface area contributed by atoms with Gasteiger partial charge in [0.15, 0.2) is 0 Å². The molecule has 0 spiro atoms. The molecular weight excluding hydrogens is 234 g/mol. The summed E-state index contributed by atoms with van der Waals surface area (Å²) in [5.41, 5.74) is 0. The van der Waals surface area contributed by atoms with Crippen LogP contribution in [0.15, 0.2) is 0 Å². The van der Waals surface area contributed by atoms with Gasteiger partial charge in [-0.25, -0.2) is 0 Å². The lowest BCUT2D eigenvalue weighted by Gasteiger charge is -2.34. The highest BCUT2D eigenvalue weighted by molar-refractivity contribution is 4.76. The van der Waals surface area contributed by atoms with Crippen molar-refractivity contribution in [1.82, 2.24) is 15.1 Å². The van der Waals surface area contributed by atoms with Crippen molar-refractivity contribution in [3.8, 4) is 0 Å². The van der Waals surface area contributed by atoms with Gasteiger partial charge < -0.3 is 15.1 Å². The molecule has 0 amide bonds. The van der Waals surface area contributed by atoms with E-state index in [0.29, 0.717) is 0 Å². The van der Waals surface area contributed by atoms with Crippen LogP contribution in [0.3, 0.4) is 0 Å². The molecule has 0 aliphatic carbocycles. The van der Waals surface area contributed by atoms with Crippen molar-refractivity contribution < 1.29 is 0 Å². The van der Waals surface area contributed by atoms with Gasteiger partial charge in [-0.2, -0.15) is 0 Å². The molecule has 0 radical (unpaired) electrons. The standard InChI is InChI=1S/C16H33N3/c1-15(2)12-17-13-16-6-5-9-19(14-16)11-10-18-7-3-4-8-18/h15-17H,3-14H2,1-2H3. The minimum Gasteiger partial charge on any atom is -0.316 e. The Morgan fingerprint density at radius 1 is 1.00 bits per heavy atom. The molecule has 1 atom stereocenters. The summed E-state index contributed by atoms with van der Waals surface area (Å²) < 4.78 is 0. The lowest BCUT2D eigenvalue weighted by atomic mass is 9.98. The minimum atomic E-state index is 0.773. The second kappa shape index (κ2) is 8.23. The van der Waals surface area contributed by atoms with Crippen LogP contribution in [0.4, 0.5) is 0 Å². The zero-order chi connectivity index (χ0) is 13.5. The third-order valence-corrected chi connectivity index (χ3v) is 4.52. The van der Waals surface area contributed by atoms with Crippen LogP contribution in [0.5, 0.6) is 0 Å². The maximum absolute atomic E-state index is 3.64. The Morgan fingerprint density at radius 3 is 2.42 bits per heavy atom. The molecule has 2 aliphatic heterocycles. The molecule has 1 N–H and O–H groups in total. The van der Waals surface area contributed by atoms with E-state index in [2.05, 4.69) is 29.0 Å². The number of rotatable bonds is 7. The minimum absolute atomic E-state index is 0.773. The van der Waals surface area contributed by atoms with E-state index < -0.39 is 0 Å². The van der Waals surface area contributed by atoms with Gasteiger partial charge in [0, 0.05) is 19.6 Å². The van der Waals surface area contributed by atoms with Gasteiger partial charge in [-0.05, 0) is 70.2 Å². The number of likely N-dealkylation sites (tertiary alicyclic amines) is 2. The second-order valence-corrected chi connectivity index (χ2v) is 6.91. The smallest absolute Gasteiger partial charge is 0.0109 e. The quantitative estimate of drug-likeness (QED) is 0.761.